The van der Waals surface area contributed by atoms with Crippen molar-refractivity contribution >= 4 is 5.69 Å². The van der Waals surface area contributed by atoms with Gasteiger partial charge in [0.25, 0.3) is 0 Å². The SMILES string of the molecule is CCC(O)c1ccccc1N(C)Cc1cccc(C#N)c1. The predicted octanol–water partition coefficient (Wildman–Crippen LogP) is 3.64. The normalized spacial score (nSPS) is 11.7. The van der Waals surface area contributed by atoms with Crippen LogP contribution >= 0.6 is 0 Å². The molecule has 0 saturated heterocycles. The van der Waals surface area contributed by atoms with E-state index < -0.39 is 6.10 Å². The molecular weight excluding hydrogens is 260 g/mol. The Morgan fingerprint density at radius 3 is 2.67 bits per heavy atom. The summed E-state index contributed by atoms with van der Waals surface area (Å²) in [5.74, 6) is 0. The van der Waals surface area contributed by atoms with Crippen molar-refractivity contribution in [1.29, 1.82) is 5.26 Å². The first-order valence-corrected chi connectivity index (χ1v) is 7.13. The maximum atomic E-state index is 10.1. The third kappa shape index (κ3) is 3.62. The third-order valence-corrected chi connectivity index (χ3v) is 3.57. The van der Waals surface area contributed by atoms with Crippen LogP contribution in [-0.4, -0.2) is 12.2 Å². The Morgan fingerprint density at radius 1 is 1.19 bits per heavy atom. The fraction of sp³-hybridized carbons (Fsp3) is 0.278. The molecule has 0 aliphatic heterocycles. The topological polar surface area (TPSA) is 47.3 Å². The van der Waals surface area contributed by atoms with E-state index in [0.29, 0.717) is 18.5 Å². The number of nitrogens with zero attached hydrogens (tertiary/aromatic N) is 2. The monoisotopic (exact) mass is 280 g/mol. The first kappa shape index (κ1) is 15.1. The molecule has 0 aliphatic rings. The van der Waals surface area contributed by atoms with Crippen LogP contribution in [0.25, 0.3) is 0 Å². The van der Waals surface area contributed by atoms with Crippen LogP contribution in [0, 0.1) is 11.3 Å². The summed E-state index contributed by atoms with van der Waals surface area (Å²) in [6.45, 7) is 2.67. The number of hydrogen-bond acceptors (Lipinski definition) is 3. The van der Waals surface area contributed by atoms with Crippen LogP contribution in [0.5, 0.6) is 0 Å². The molecule has 1 N–H and O–H groups in total. The van der Waals surface area contributed by atoms with Crippen LogP contribution in [-0.2, 0) is 6.54 Å². The van der Waals surface area contributed by atoms with Crippen molar-refractivity contribution in [3.63, 3.8) is 0 Å². The molecule has 0 spiro atoms. The second-order valence-corrected chi connectivity index (χ2v) is 5.15. The molecular formula is C18H20N2O. The zero-order valence-corrected chi connectivity index (χ0v) is 12.5. The molecule has 3 nitrogen and oxygen atoms in total. The van der Waals surface area contributed by atoms with E-state index in [2.05, 4.69) is 11.0 Å². The first-order valence-electron chi connectivity index (χ1n) is 7.13. The Kier molecular flexibility index (Phi) is 4.97. The van der Waals surface area contributed by atoms with Crippen molar-refractivity contribution in [2.45, 2.75) is 26.0 Å². The Balaban J connectivity index is 2.24. The van der Waals surface area contributed by atoms with Crippen LogP contribution < -0.4 is 4.90 Å². The van der Waals surface area contributed by atoms with Gasteiger partial charge >= 0.3 is 0 Å². The number of hydrogen-bond donors (Lipinski definition) is 1. The molecule has 2 aromatic carbocycles. The third-order valence-electron chi connectivity index (χ3n) is 3.57. The molecule has 1 atom stereocenters. The van der Waals surface area contributed by atoms with Gasteiger partial charge in [-0.25, -0.2) is 0 Å². The van der Waals surface area contributed by atoms with Gasteiger partial charge < -0.3 is 10.0 Å². The second-order valence-electron chi connectivity index (χ2n) is 5.15. The fourth-order valence-corrected chi connectivity index (χ4v) is 2.44. The van der Waals surface area contributed by atoms with Gasteiger partial charge in [0.05, 0.1) is 17.7 Å². The first-order chi connectivity index (χ1) is 10.2. The lowest BCUT2D eigenvalue weighted by atomic mass is 10.0. The van der Waals surface area contributed by atoms with Crippen molar-refractivity contribution in [2.75, 3.05) is 11.9 Å². The molecule has 2 rings (SSSR count). The van der Waals surface area contributed by atoms with Crippen molar-refractivity contribution in [2.24, 2.45) is 0 Å². The number of rotatable bonds is 5. The summed E-state index contributed by atoms with van der Waals surface area (Å²) in [6, 6.07) is 17.7. The second kappa shape index (κ2) is 6.92. The molecule has 0 saturated carbocycles. The van der Waals surface area contributed by atoms with Gasteiger partial charge in [-0.3, -0.25) is 0 Å². The summed E-state index contributed by atoms with van der Waals surface area (Å²) in [7, 11) is 2.00. The molecule has 21 heavy (non-hydrogen) atoms. The van der Waals surface area contributed by atoms with E-state index in [1.165, 1.54) is 0 Å². The van der Waals surface area contributed by atoms with E-state index in [-0.39, 0.29) is 0 Å². The van der Waals surface area contributed by atoms with Gasteiger partial charge in [-0.15, -0.1) is 0 Å². The van der Waals surface area contributed by atoms with E-state index >= 15 is 0 Å². The molecule has 0 aromatic heterocycles. The standard InChI is InChI=1S/C18H20N2O/c1-3-18(21)16-9-4-5-10-17(16)20(2)13-15-8-6-7-14(11-15)12-19/h4-11,18,21H,3,13H2,1-2H3. The average Bonchev–Trinajstić information content (AvgIpc) is 2.54. The number of aliphatic hydroxyl groups excluding tert-OH is 1. The summed E-state index contributed by atoms with van der Waals surface area (Å²) in [6.07, 6.45) is 0.239. The molecule has 1 unspecified atom stereocenters. The van der Waals surface area contributed by atoms with Crippen molar-refractivity contribution in [3.8, 4) is 6.07 Å². The lowest BCUT2D eigenvalue weighted by Gasteiger charge is -2.24. The Morgan fingerprint density at radius 2 is 1.95 bits per heavy atom. The molecule has 0 fully saturated rings. The molecule has 3 heteroatoms. The van der Waals surface area contributed by atoms with Gasteiger partial charge in [0.2, 0.25) is 0 Å². The molecule has 0 bridgehead atoms. The van der Waals surface area contributed by atoms with E-state index in [9.17, 15) is 5.11 Å². The van der Waals surface area contributed by atoms with E-state index in [1.807, 2.05) is 56.4 Å². The number of nitriles is 1. The summed E-state index contributed by atoms with van der Waals surface area (Å²) in [5, 5.41) is 19.1. The molecule has 0 radical (unpaired) electrons. The minimum absolute atomic E-state index is 0.450. The molecule has 0 heterocycles. The van der Waals surface area contributed by atoms with Crippen LogP contribution in [0.15, 0.2) is 48.5 Å². The maximum absolute atomic E-state index is 10.1. The maximum Gasteiger partial charge on any atom is 0.0991 e. The zero-order valence-electron chi connectivity index (χ0n) is 12.5. The highest BCUT2D eigenvalue weighted by Gasteiger charge is 2.13. The molecule has 0 aliphatic carbocycles. The minimum Gasteiger partial charge on any atom is -0.388 e. The summed E-state index contributed by atoms with van der Waals surface area (Å²) >= 11 is 0. The van der Waals surface area contributed by atoms with Gasteiger partial charge in [0, 0.05) is 24.8 Å². The van der Waals surface area contributed by atoms with Crippen molar-refractivity contribution < 1.29 is 5.11 Å². The highest BCUT2D eigenvalue weighted by atomic mass is 16.3. The van der Waals surface area contributed by atoms with Gasteiger partial charge in [0.1, 0.15) is 0 Å². The van der Waals surface area contributed by atoms with E-state index in [4.69, 9.17) is 5.26 Å². The highest BCUT2D eigenvalue weighted by molar-refractivity contribution is 5.54. The predicted molar refractivity (Wildman–Crippen MR) is 85.0 cm³/mol. The minimum atomic E-state index is -0.450. The molecule has 108 valence electrons. The average molecular weight is 280 g/mol. The lowest BCUT2D eigenvalue weighted by molar-refractivity contribution is 0.174. The van der Waals surface area contributed by atoms with Crippen LogP contribution in [0.4, 0.5) is 5.69 Å². The number of aliphatic hydroxyl groups is 1. The van der Waals surface area contributed by atoms with Crippen LogP contribution in [0.3, 0.4) is 0 Å². The number of para-hydroxylation sites is 1. The van der Waals surface area contributed by atoms with Crippen LogP contribution in [0.2, 0.25) is 0 Å². The quantitative estimate of drug-likeness (QED) is 0.909. The Labute approximate surface area is 126 Å². The Bertz CT molecular complexity index is 646. The number of benzene rings is 2. The molecule has 0 amide bonds. The summed E-state index contributed by atoms with van der Waals surface area (Å²) < 4.78 is 0. The van der Waals surface area contributed by atoms with Gasteiger partial charge in [0.15, 0.2) is 0 Å². The summed E-state index contributed by atoms with van der Waals surface area (Å²) in [4.78, 5) is 2.10. The Hall–Kier alpha value is -2.31. The highest BCUT2D eigenvalue weighted by Crippen LogP contribution is 2.28. The largest absolute Gasteiger partial charge is 0.388 e. The fourth-order valence-electron chi connectivity index (χ4n) is 2.44. The van der Waals surface area contributed by atoms with Gasteiger partial charge in [-0.05, 0) is 30.2 Å². The molecule has 2 aromatic rings. The smallest absolute Gasteiger partial charge is 0.0991 e. The van der Waals surface area contributed by atoms with Gasteiger partial charge in [-0.2, -0.15) is 5.26 Å². The van der Waals surface area contributed by atoms with E-state index in [0.717, 1.165) is 16.8 Å². The van der Waals surface area contributed by atoms with E-state index in [1.54, 1.807) is 6.07 Å². The van der Waals surface area contributed by atoms with Crippen molar-refractivity contribution in [3.05, 3.63) is 65.2 Å². The number of anilines is 1. The lowest BCUT2D eigenvalue weighted by Crippen LogP contribution is -2.19. The van der Waals surface area contributed by atoms with Crippen molar-refractivity contribution in [1.82, 2.24) is 0 Å². The summed E-state index contributed by atoms with van der Waals surface area (Å²) in [5.41, 5.74) is 3.72. The zero-order chi connectivity index (χ0) is 15.2. The van der Waals surface area contributed by atoms with Crippen LogP contribution in [0.1, 0.15) is 36.1 Å². The van der Waals surface area contributed by atoms with Gasteiger partial charge in [-0.1, -0.05) is 37.3 Å².